The van der Waals surface area contributed by atoms with Crippen molar-refractivity contribution in [3.63, 3.8) is 0 Å². The van der Waals surface area contributed by atoms with Crippen LogP contribution in [-0.4, -0.2) is 33.6 Å². The molecule has 0 aliphatic heterocycles. The van der Waals surface area contributed by atoms with Gasteiger partial charge in [0.2, 0.25) is 11.6 Å². The van der Waals surface area contributed by atoms with Crippen LogP contribution in [0.3, 0.4) is 0 Å². The summed E-state index contributed by atoms with van der Waals surface area (Å²) in [6.07, 6.45) is 4.59. The zero-order chi connectivity index (χ0) is 12.0. The summed E-state index contributed by atoms with van der Waals surface area (Å²) in [5.41, 5.74) is 16.6. The van der Waals surface area contributed by atoms with Gasteiger partial charge in [-0.15, -0.1) is 0 Å². The Hall–Kier alpha value is -1.90. The number of rotatable bonds is 4. The predicted octanol–water partition coefficient (Wildman–Crippen LogP) is 0.532. The van der Waals surface area contributed by atoms with Crippen LogP contribution < -0.4 is 0 Å². The Morgan fingerprint density at radius 3 is 1.62 bits per heavy atom. The van der Waals surface area contributed by atoms with E-state index in [2.05, 4.69) is 9.58 Å². The van der Waals surface area contributed by atoms with Gasteiger partial charge in [-0.25, -0.2) is 0 Å². The molecule has 84 valence electrons. The summed E-state index contributed by atoms with van der Waals surface area (Å²) in [7, 11) is 0. The van der Waals surface area contributed by atoms with Crippen molar-refractivity contribution in [2.75, 3.05) is 0 Å². The number of nitrogens with zero attached hydrogens (tertiary/aromatic N) is 4. The molecule has 16 heavy (non-hydrogen) atoms. The molecule has 1 aliphatic rings. The quantitative estimate of drug-likeness (QED) is 0.391. The highest BCUT2D eigenvalue weighted by atomic mass is 16.1. The highest BCUT2D eigenvalue weighted by Gasteiger charge is 2.36. The second kappa shape index (κ2) is 5.85. The molecular formula is C10H12N4O2. The van der Waals surface area contributed by atoms with E-state index in [4.69, 9.17) is 11.1 Å². The lowest BCUT2D eigenvalue weighted by Crippen LogP contribution is -2.34. The number of ketones is 2. The van der Waals surface area contributed by atoms with Gasteiger partial charge in [-0.2, -0.15) is 9.58 Å². The first-order chi connectivity index (χ1) is 7.70. The van der Waals surface area contributed by atoms with Gasteiger partial charge in [-0.1, -0.05) is 12.8 Å². The van der Waals surface area contributed by atoms with Crippen molar-refractivity contribution >= 4 is 24.0 Å². The molecule has 6 nitrogen and oxygen atoms in total. The predicted molar refractivity (Wildman–Crippen MR) is 54.8 cm³/mol. The summed E-state index contributed by atoms with van der Waals surface area (Å²) in [5, 5.41) is 0. The minimum Gasteiger partial charge on any atom is -0.361 e. The number of hydrogen-bond acceptors (Lipinski definition) is 2. The molecule has 2 atom stereocenters. The highest BCUT2D eigenvalue weighted by Crippen LogP contribution is 2.30. The van der Waals surface area contributed by atoms with E-state index in [1.165, 1.54) is 0 Å². The Morgan fingerprint density at radius 1 is 0.938 bits per heavy atom. The average molecular weight is 220 g/mol. The lowest BCUT2D eigenvalue weighted by molar-refractivity contribution is -0.129. The first-order valence-corrected chi connectivity index (χ1v) is 5.13. The van der Waals surface area contributed by atoms with Gasteiger partial charge in [0.15, 0.2) is 0 Å². The zero-order valence-electron chi connectivity index (χ0n) is 8.74. The van der Waals surface area contributed by atoms with Crippen molar-refractivity contribution in [1.29, 1.82) is 0 Å². The van der Waals surface area contributed by atoms with Crippen LogP contribution in [0.5, 0.6) is 0 Å². The van der Waals surface area contributed by atoms with Gasteiger partial charge >= 0.3 is 12.4 Å². The third kappa shape index (κ3) is 2.79. The third-order valence-corrected chi connectivity index (χ3v) is 2.87. The van der Waals surface area contributed by atoms with Crippen LogP contribution in [0.2, 0.25) is 0 Å². The molecule has 1 saturated carbocycles. The fraction of sp³-hybridized carbons (Fsp3) is 0.600. The van der Waals surface area contributed by atoms with E-state index in [1.54, 1.807) is 0 Å². The summed E-state index contributed by atoms with van der Waals surface area (Å²) < 4.78 is 0. The van der Waals surface area contributed by atoms with Crippen LogP contribution in [0.15, 0.2) is 0 Å². The molecule has 0 heterocycles. The summed E-state index contributed by atoms with van der Waals surface area (Å²) in [6, 6.07) is 0. The van der Waals surface area contributed by atoms with E-state index in [-0.39, 0.29) is 11.6 Å². The van der Waals surface area contributed by atoms with E-state index in [0.29, 0.717) is 12.8 Å². The van der Waals surface area contributed by atoms with E-state index in [1.807, 2.05) is 0 Å². The normalized spacial score (nSPS) is 23.8. The van der Waals surface area contributed by atoms with Gasteiger partial charge < -0.3 is 11.1 Å². The molecule has 1 rings (SSSR count). The van der Waals surface area contributed by atoms with E-state index < -0.39 is 11.8 Å². The lowest BCUT2D eigenvalue weighted by atomic mass is 9.75. The Bertz CT molecular complexity index is 354. The highest BCUT2D eigenvalue weighted by molar-refractivity contribution is 6.31. The maximum atomic E-state index is 11.5. The maximum absolute atomic E-state index is 11.5. The van der Waals surface area contributed by atoms with Gasteiger partial charge in [-0.3, -0.25) is 9.59 Å². The van der Waals surface area contributed by atoms with Gasteiger partial charge in [-0.05, 0) is 12.8 Å². The summed E-state index contributed by atoms with van der Waals surface area (Å²) in [6.45, 7) is 0. The Labute approximate surface area is 92.5 Å². The monoisotopic (exact) mass is 220 g/mol. The van der Waals surface area contributed by atoms with Gasteiger partial charge in [0, 0.05) is 11.8 Å². The van der Waals surface area contributed by atoms with Gasteiger partial charge in [0.1, 0.15) is 0 Å². The lowest BCUT2D eigenvalue weighted by Gasteiger charge is -2.25. The zero-order valence-corrected chi connectivity index (χ0v) is 8.74. The fourth-order valence-electron chi connectivity index (χ4n) is 2.12. The number of Topliss-reactive ketones (excluding diaryl/α,β-unsaturated/α-hetero) is 2. The molecule has 1 fully saturated rings. The molecule has 0 spiro atoms. The van der Waals surface area contributed by atoms with Crippen LogP contribution >= 0.6 is 0 Å². The SMILES string of the molecule is [N-]=[N+]=CC(=O)[C@H]1CCCC[C@H]1C(=O)C=[N+]=[N-]. The Kier molecular flexibility index (Phi) is 4.45. The minimum atomic E-state index is -0.463. The molecule has 0 bridgehead atoms. The standard InChI is InChI=1S/C10H12N4O2/c11-13-5-9(15)7-3-1-2-4-8(7)10(16)6-14-12/h5-8H,1-4H2/t7-,8+. The molecule has 0 saturated heterocycles. The number of hydrogen-bond donors (Lipinski definition) is 0. The van der Waals surface area contributed by atoms with E-state index >= 15 is 0 Å². The minimum absolute atomic E-state index is 0.355. The number of carbonyl (C=O) groups is 2. The second-order valence-corrected chi connectivity index (χ2v) is 3.79. The van der Waals surface area contributed by atoms with Crippen LogP contribution in [0, 0.1) is 11.8 Å². The van der Waals surface area contributed by atoms with Crippen molar-refractivity contribution < 1.29 is 19.2 Å². The number of carbonyl (C=O) groups excluding carboxylic acids is 2. The third-order valence-electron chi connectivity index (χ3n) is 2.87. The van der Waals surface area contributed by atoms with Crippen molar-refractivity contribution in [2.24, 2.45) is 11.8 Å². The van der Waals surface area contributed by atoms with E-state index in [0.717, 1.165) is 25.3 Å². The molecular weight excluding hydrogens is 208 g/mol. The van der Waals surface area contributed by atoms with E-state index in [9.17, 15) is 9.59 Å². The molecule has 6 heteroatoms. The van der Waals surface area contributed by atoms with Crippen LogP contribution in [0.25, 0.3) is 11.1 Å². The van der Waals surface area contributed by atoms with Crippen molar-refractivity contribution in [1.82, 2.24) is 0 Å². The summed E-state index contributed by atoms with van der Waals surface area (Å²) in [4.78, 5) is 28.5. The molecule has 0 amide bonds. The first kappa shape index (κ1) is 12.2. The van der Waals surface area contributed by atoms with Gasteiger partial charge in [0.05, 0.1) is 0 Å². The first-order valence-electron chi connectivity index (χ1n) is 5.13. The maximum Gasteiger partial charge on any atom is 0.323 e. The molecule has 0 unspecified atom stereocenters. The Morgan fingerprint density at radius 2 is 1.31 bits per heavy atom. The topological polar surface area (TPSA) is 107 Å². The molecule has 0 aromatic carbocycles. The molecule has 0 radical (unpaired) electrons. The van der Waals surface area contributed by atoms with Crippen LogP contribution in [0.4, 0.5) is 0 Å². The second-order valence-electron chi connectivity index (χ2n) is 3.79. The molecule has 0 aromatic heterocycles. The van der Waals surface area contributed by atoms with Crippen molar-refractivity contribution in [3.05, 3.63) is 11.1 Å². The average Bonchev–Trinajstić information content (AvgIpc) is 2.30. The molecule has 1 aliphatic carbocycles. The fourth-order valence-corrected chi connectivity index (χ4v) is 2.12. The summed E-state index contributed by atoms with van der Waals surface area (Å²) >= 11 is 0. The molecule has 0 aromatic rings. The van der Waals surface area contributed by atoms with Gasteiger partial charge in [0.25, 0.3) is 0 Å². The van der Waals surface area contributed by atoms with Crippen LogP contribution in [0.1, 0.15) is 25.7 Å². The summed E-state index contributed by atoms with van der Waals surface area (Å²) in [5.74, 6) is -1.64. The van der Waals surface area contributed by atoms with Crippen molar-refractivity contribution in [2.45, 2.75) is 25.7 Å². The smallest absolute Gasteiger partial charge is 0.323 e. The van der Waals surface area contributed by atoms with Crippen molar-refractivity contribution in [3.8, 4) is 0 Å². The molecule has 0 N–H and O–H groups in total. The Balaban J connectivity index is 2.86. The largest absolute Gasteiger partial charge is 0.361 e. The van der Waals surface area contributed by atoms with Crippen LogP contribution in [-0.2, 0) is 9.59 Å².